The second-order valence-corrected chi connectivity index (χ2v) is 5.55. The van der Waals surface area contributed by atoms with Crippen LogP contribution in [0.4, 0.5) is 0 Å². The molecular weight excluding hydrogens is 280 g/mol. The summed E-state index contributed by atoms with van der Waals surface area (Å²) in [7, 11) is 2.12. The first-order valence-electron chi connectivity index (χ1n) is 5.87. The molecule has 1 aromatic carbocycles. The van der Waals surface area contributed by atoms with Gasteiger partial charge in [0, 0.05) is 23.1 Å². The minimum atomic E-state index is 0.0204. The van der Waals surface area contributed by atoms with Gasteiger partial charge in [-0.1, -0.05) is 15.9 Å². The monoisotopic (exact) mass is 296 g/mol. The van der Waals surface area contributed by atoms with Crippen molar-refractivity contribution in [2.75, 3.05) is 26.7 Å². The standard InChI is InChI=1S/C13H17BrN2O/c1-16-7-6-10(9-16)8-15-13(17)11-2-4-12(14)5-3-11/h2-5,10H,6-9H2,1H3,(H,15,17). The van der Waals surface area contributed by atoms with E-state index in [4.69, 9.17) is 0 Å². The van der Waals surface area contributed by atoms with Gasteiger partial charge < -0.3 is 10.2 Å². The number of amides is 1. The largest absolute Gasteiger partial charge is 0.352 e. The number of rotatable bonds is 3. The number of nitrogens with one attached hydrogen (secondary N) is 1. The molecule has 1 unspecified atom stereocenters. The van der Waals surface area contributed by atoms with E-state index in [1.54, 1.807) is 0 Å². The molecule has 1 heterocycles. The number of carbonyl (C=O) groups is 1. The van der Waals surface area contributed by atoms with E-state index in [-0.39, 0.29) is 5.91 Å². The Morgan fingerprint density at radius 1 is 1.47 bits per heavy atom. The van der Waals surface area contributed by atoms with Crippen molar-refractivity contribution in [1.82, 2.24) is 10.2 Å². The van der Waals surface area contributed by atoms with Crippen LogP contribution in [0.15, 0.2) is 28.7 Å². The lowest BCUT2D eigenvalue weighted by Crippen LogP contribution is -2.30. The van der Waals surface area contributed by atoms with Crippen molar-refractivity contribution >= 4 is 21.8 Å². The Labute approximate surface area is 110 Å². The van der Waals surface area contributed by atoms with Gasteiger partial charge in [-0.2, -0.15) is 0 Å². The summed E-state index contributed by atoms with van der Waals surface area (Å²) >= 11 is 3.36. The Bertz CT molecular complexity index is 391. The van der Waals surface area contributed by atoms with E-state index in [0.717, 1.165) is 29.7 Å². The maximum absolute atomic E-state index is 11.9. The molecule has 1 saturated heterocycles. The predicted molar refractivity (Wildman–Crippen MR) is 72.1 cm³/mol. The summed E-state index contributed by atoms with van der Waals surface area (Å²) < 4.78 is 0.992. The Balaban J connectivity index is 1.83. The smallest absolute Gasteiger partial charge is 0.251 e. The highest BCUT2D eigenvalue weighted by Crippen LogP contribution is 2.14. The van der Waals surface area contributed by atoms with Gasteiger partial charge in [0.1, 0.15) is 0 Å². The number of hydrogen-bond donors (Lipinski definition) is 1. The summed E-state index contributed by atoms with van der Waals surface area (Å²) in [5.41, 5.74) is 0.722. The zero-order valence-corrected chi connectivity index (χ0v) is 11.5. The van der Waals surface area contributed by atoms with Gasteiger partial charge in [0.2, 0.25) is 0 Å². The topological polar surface area (TPSA) is 32.3 Å². The van der Waals surface area contributed by atoms with Crippen molar-refractivity contribution in [3.8, 4) is 0 Å². The fourth-order valence-corrected chi connectivity index (χ4v) is 2.40. The van der Waals surface area contributed by atoms with Crippen molar-refractivity contribution in [1.29, 1.82) is 0 Å². The highest BCUT2D eigenvalue weighted by Gasteiger charge is 2.19. The zero-order chi connectivity index (χ0) is 12.3. The highest BCUT2D eigenvalue weighted by atomic mass is 79.9. The van der Waals surface area contributed by atoms with Gasteiger partial charge in [0.25, 0.3) is 5.91 Å². The van der Waals surface area contributed by atoms with Crippen LogP contribution in [0, 0.1) is 5.92 Å². The SMILES string of the molecule is CN1CCC(CNC(=O)c2ccc(Br)cc2)C1. The van der Waals surface area contributed by atoms with E-state index in [0.29, 0.717) is 5.92 Å². The molecule has 1 N–H and O–H groups in total. The number of carbonyl (C=O) groups excluding carboxylic acids is 1. The molecular formula is C13H17BrN2O. The second kappa shape index (κ2) is 5.65. The Morgan fingerprint density at radius 2 is 2.18 bits per heavy atom. The van der Waals surface area contributed by atoms with E-state index in [1.165, 1.54) is 6.42 Å². The number of likely N-dealkylation sites (tertiary alicyclic amines) is 1. The van der Waals surface area contributed by atoms with Gasteiger partial charge >= 0.3 is 0 Å². The van der Waals surface area contributed by atoms with Crippen molar-refractivity contribution in [3.63, 3.8) is 0 Å². The van der Waals surface area contributed by atoms with Crippen LogP contribution < -0.4 is 5.32 Å². The van der Waals surface area contributed by atoms with Crippen molar-refractivity contribution in [2.45, 2.75) is 6.42 Å². The van der Waals surface area contributed by atoms with E-state index in [1.807, 2.05) is 24.3 Å². The lowest BCUT2D eigenvalue weighted by Gasteiger charge is -2.11. The molecule has 0 saturated carbocycles. The molecule has 1 aromatic rings. The summed E-state index contributed by atoms with van der Waals surface area (Å²) in [6, 6.07) is 7.44. The van der Waals surface area contributed by atoms with Gasteiger partial charge in [0.15, 0.2) is 0 Å². The van der Waals surface area contributed by atoms with E-state index >= 15 is 0 Å². The molecule has 0 aliphatic carbocycles. The van der Waals surface area contributed by atoms with E-state index < -0.39 is 0 Å². The third-order valence-electron chi connectivity index (χ3n) is 3.15. The van der Waals surface area contributed by atoms with Crippen LogP contribution in [0.25, 0.3) is 0 Å². The molecule has 1 atom stereocenters. The van der Waals surface area contributed by atoms with Gasteiger partial charge in [-0.25, -0.2) is 0 Å². The highest BCUT2D eigenvalue weighted by molar-refractivity contribution is 9.10. The fraction of sp³-hybridized carbons (Fsp3) is 0.462. The molecule has 4 heteroatoms. The molecule has 1 fully saturated rings. The molecule has 2 rings (SSSR count). The lowest BCUT2D eigenvalue weighted by molar-refractivity contribution is 0.0947. The van der Waals surface area contributed by atoms with E-state index in [9.17, 15) is 4.79 Å². The molecule has 3 nitrogen and oxygen atoms in total. The van der Waals surface area contributed by atoms with Crippen LogP contribution >= 0.6 is 15.9 Å². The average Bonchev–Trinajstić information content (AvgIpc) is 2.73. The fourth-order valence-electron chi connectivity index (χ4n) is 2.13. The van der Waals surface area contributed by atoms with Gasteiger partial charge in [-0.3, -0.25) is 4.79 Å². The van der Waals surface area contributed by atoms with Crippen LogP contribution in [0.2, 0.25) is 0 Å². The van der Waals surface area contributed by atoms with Crippen LogP contribution in [0.1, 0.15) is 16.8 Å². The minimum absolute atomic E-state index is 0.0204. The minimum Gasteiger partial charge on any atom is -0.352 e. The molecule has 92 valence electrons. The first-order valence-corrected chi connectivity index (χ1v) is 6.67. The molecule has 0 bridgehead atoms. The van der Waals surface area contributed by atoms with Crippen molar-refractivity contribution < 1.29 is 4.79 Å². The number of nitrogens with zero attached hydrogens (tertiary/aromatic N) is 1. The zero-order valence-electron chi connectivity index (χ0n) is 9.95. The predicted octanol–water partition coefficient (Wildman–Crippen LogP) is 2.13. The van der Waals surface area contributed by atoms with Gasteiger partial charge in [-0.05, 0) is 50.2 Å². The van der Waals surface area contributed by atoms with Crippen molar-refractivity contribution in [2.24, 2.45) is 5.92 Å². The summed E-state index contributed by atoms with van der Waals surface area (Å²) in [6.45, 7) is 3.00. The number of benzene rings is 1. The Hall–Kier alpha value is -0.870. The second-order valence-electron chi connectivity index (χ2n) is 4.63. The molecule has 0 spiro atoms. The normalized spacial score (nSPS) is 20.5. The van der Waals surface area contributed by atoms with E-state index in [2.05, 4.69) is 33.2 Å². The van der Waals surface area contributed by atoms with Crippen LogP contribution in [0.5, 0.6) is 0 Å². The summed E-state index contributed by atoms with van der Waals surface area (Å²) in [5.74, 6) is 0.617. The molecule has 17 heavy (non-hydrogen) atoms. The maximum Gasteiger partial charge on any atom is 0.251 e. The molecule has 0 aromatic heterocycles. The van der Waals surface area contributed by atoms with Crippen LogP contribution in [-0.4, -0.2) is 37.5 Å². The quantitative estimate of drug-likeness (QED) is 0.927. The molecule has 1 aliphatic heterocycles. The third-order valence-corrected chi connectivity index (χ3v) is 3.68. The number of hydrogen-bond acceptors (Lipinski definition) is 2. The molecule has 1 amide bonds. The Kier molecular flexibility index (Phi) is 4.18. The summed E-state index contributed by atoms with van der Waals surface area (Å²) in [6.07, 6.45) is 1.18. The first kappa shape index (κ1) is 12.6. The third kappa shape index (κ3) is 3.54. The van der Waals surface area contributed by atoms with Crippen LogP contribution in [-0.2, 0) is 0 Å². The molecule has 0 radical (unpaired) electrons. The molecule has 1 aliphatic rings. The summed E-state index contributed by atoms with van der Waals surface area (Å²) in [5, 5.41) is 3.00. The summed E-state index contributed by atoms with van der Waals surface area (Å²) in [4.78, 5) is 14.2. The number of halogens is 1. The first-order chi connectivity index (χ1) is 8.15. The lowest BCUT2D eigenvalue weighted by atomic mass is 10.1. The van der Waals surface area contributed by atoms with Crippen LogP contribution in [0.3, 0.4) is 0 Å². The average molecular weight is 297 g/mol. The Morgan fingerprint density at radius 3 is 2.76 bits per heavy atom. The van der Waals surface area contributed by atoms with Crippen molar-refractivity contribution in [3.05, 3.63) is 34.3 Å². The van der Waals surface area contributed by atoms with Gasteiger partial charge in [-0.15, -0.1) is 0 Å². The maximum atomic E-state index is 11.9. The van der Waals surface area contributed by atoms with Gasteiger partial charge in [0.05, 0.1) is 0 Å².